The molecule has 2 amide bonds. The van der Waals surface area contributed by atoms with Crippen LogP contribution in [0, 0.1) is 0 Å². The first-order chi connectivity index (χ1) is 13.6. The van der Waals surface area contributed by atoms with Gasteiger partial charge in [0.05, 0.1) is 23.0 Å². The van der Waals surface area contributed by atoms with Crippen molar-refractivity contribution in [2.75, 3.05) is 20.1 Å². The number of benzene rings is 2. The standard InChI is InChI=1S/C22H26ClN3O2/c1-26(17-11-13-24-14-12-17)21(27)15-20(16-7-3-2-4-8-16)25-22(28)18-9-5-6-10-19(18)23/h2-10,17,20,24H,11-15H2,1H3,(H,25,28). The van der Waals surface area contributed by atoms with Gasteiger partial charge in [-0.05, 0) is 43.6 Å². The Bertz CT molecular complexity index is 806. The van der Waals surface area contributed by atoms with E-state index in [2.05, 4.69) is 10.6 Å². The van der Waals surface area contributed by atoms with Gasteiger partial charge in [-0.15, -0.1) is 0 Å². The van der Waals surface area contributed by atoms with Crippen LogP contribution in [0.5, 0.6) is 0 Å². The van der Waals surface area contributed by atoms with Gasteiger partial charge >= 0.3 is 0 Å². The second-order valence-electron chi connectivity index (χ2n) is 7.11. The molecule has 3 rings (SSSR count). The van der Waals surface area contributed by atoms with E-state index in [4.69, 9.17) is 11.6 Å². The van der Waals surface area contributed by atoms with Crippen LogP contribution < -0.4 is 10.6 Å². The molecule has 1 fully saturated rings. The van der Waals surface area contributed by atoms with Crippen LogP contribution in [-0.2, 0) is 4.79 Å². The first-order valence-corrected chi connectivity index (χ1v) is 10.0. The average molecular weight is 400 g/mol. The third-order valence-electron chi connectivity index (χ3n) is 5.25. The zero-order chi connectivity index (χ0) is 19.9. The SMILES string of the molecule is CN(C(=O)CC(NC(=O)c1ccccc1Cl)c1ccccc1)C1CCNCC1. The van der Waals surface area contributed by atoms with Crippen LogP contribution in [0.1, 0.15) is 41.2 Å². The number of hydrogen-bond donors (Lipinski definition) is 2. The van der Waals surface area contributed by atoms with E-state index in [9.17, 15) is 9.59 Å². The lowest BCUT2D eigenvalue weighted by Crippen LogP contribution is -2.45. The molecule has 1 atom stereocenters. The maximum absolute atomic E-state index is 12.9. The topological polar surface area (TPSA) is 61.4 Å². The van der Waals surface area contributed by atoms with Crippen molar-refractivity contribution in [1.29, 1.82) is 0 Å². The zero-order valence-corrected chi connectivity index (χ0v) is 16.8. The summed E-state index contributed by atoms with van der Waals surface area (Å²) in [5.74, 6) is -0.253. The fourth-order valence-corrected chi connectivity index (χ4v) is 3.76. The van der Waals surface area contributed by atoms with Gasteiger partial charge in [-0.2, -0.15) is 0 Å². The molecule has 0 radical (unpaired) electrons. The predicted octanol–water partition coefficient (Wildman–Crippen LogP) is 3.41. The number of nitrogens with one attached hydrogen (secondary N) is 2. The zero-order valence-electron chi connectivity index (χ0n) is 16.0. The molecule has 2 N–H and O–H groups in total. The van der Waals surface area contributed by atoms with E-state index in [1.807, 2.05) is 42.3 Å². The van der Waals surface area contributed by atoms with E-state index in [1.165, 1.54) is 0 Å². The highest BCUT2D eigenvalue weighted by molar-refractivity contribution is 6.33. The molecule has 0 aromatic heterocycles. The van der Waals surface area contributed by atoms with Gasteiger partial charge in [0.2, 0.25) is 5.91 Å². The lowest BCUT2D eigenvalue weighted by molar-refractivity contribution is -0.132. The maximum atomic E-state index is 12.9. The summed E-state index contributed by atoms with van der Waals surface area (Å²) < 4.78 is 0. The molecule has 0 saturated carbocycles. The van der Waals surface area contributed by atoms with E-state index in [0.29, 0.717) is 10.6 Å². The van der Waals surface area contributed by atoms with Crippen LogP contribution in [0.4, 0.5) is 0 Å². The Hall–Kier alpha value is -2.37. The van der Waals surface area contributed by atoms with Crippen molar-refractivity contribution in [2.24, 2.45) is 0 Å². The molecule has 2 aromatic rings. The molecule has 5 nitrogen and oxygen atoms in total. The van der Waals surface area contributed by atoms with Crippen LogP contribution >= 0.6 is 11.6 Å². The molecular weight excluding hydrogens is 374 g/mol. The molecule has 1 heterocycles. The van der Waals surface area contributed by atoms with Crippen molar-refractivity contribution in [3.8, 4) is 0 Å². The normalized spacial score (nSPS) is 15.6. The van der Waals surface area contributed by atoms with Gasteiger partial charge in [-0.1, -0.05) is 54.1 Å². The number of carbonyl (C=O) groups excluding carboxylic acids is 2. The van der Waals surface area contributed by atoms with E-state index in [-0.39, 0.29) is 24.3 Å². The Kier molecular flexibility index (Phi) is 7.06. The minimum Gasteiger partial charge on any atom is -0.345 e. The highest BCUT2D eigenvalue weighted by atomic mass is 35.5. The summed E-state index contributed by atoms with van der Waals surface area (Å²) in [6, 6.07) is 16.3. The van der Waals surface area contributed by atoms with Crippen molar-refractivity contribution in [3.05, 3.63) is 70.7 Å². The van der Waals surface area contributed by atoms with Gasteiger partial charge in [-0.3, -0.25) is 9.59 Å². The van der Waals surface area contributed by atoms with Crippen LogP contribution in [0.25, 0.3) is 0 Å². The van der Waals surface area contributed by atoms with Crippen LogP contribution in [0.3, 0.4) is 0 Å². The summed E-state index contributed by atoms with van der Waals surface area (Å²) in [6.07, 6.45) is 2.11. The first kappa shape index (κ1) is 20.4. The molecular formula is C22H26ClN3O2. The molecule has 0 spiro atoms. The van der Waals surface area contributed by atoms with Crippen molar-refractivity contribution in [2.45, 2.75) is 31.3 Å². The summed E-state index contributed by atoms with van der Waals surface area (Å²) >= 11 is 6.16. The third-order valence-corrected chi connectivity index (χ3v) is 5.58. The Morgan fingerprint density at radius 1 is 1.11 bits per heavy atom. The molecule has 0 bridgehead atoms. The highest BCUT2D eigenvalue weighted by Gasteiger charge is 2.26. The van der Waals surface area contributed by atoms with Gasteiger partial charge < -0.3 is 15.5 Å². The number of halogens is 1. The summed E-state index contributed by atoms with van der Waals surface area (Å²) in [4.78, 5) is 27.5. The lowest BCUT2D eigenvalue weighted by atomic mass is 10.0. The number of carbonyl (C=O) groups is 2. The number of nitrogens with zero attached hydrogens (tertiary/aromatic N) is 1. The highest BCUT2D eigenvalue weighted by Crippen LogP contribution is 2.22. The van der Waals surface area contributed by atoms with E-state index >= 15 is 0 Å². The minimum absolute atomic E-state index is 0.0280. The van der Waals surface area contributed by atoms with E-state index in [1.54, 1.807) is 24.3 Å². The summed E-state index contributed by atoms with van der Waals surface area (Å²) in [6.45, 7) is 1.85. The van der Waals surface area contributed by atoms with Gasteiger partial charge in [0.1, 0.15) is 0 Å². The predicted molar refractivity (Wildman–Crippen MR) is 111 cm³/mol. The lowest BCUT2D eigenvalue weighted by Gasteiger charge is -2.33. The summed E-state index contributed by atoms with van der Waals surface area (Å²) in [5.41, 5.74) is 1.30. The largest absolute Gasteiger partial charge is 0.345 e. The number of amides is 2. The van der Waals surface area contributed by atoms with Crippen LogP contribution in [0.2, 0.25) is 5.02 Å². The van der Waals surface area contributed by atoms with E-state index < -0.39 is 6.04 Å². The van der Waals surface area contributed by atoms with E-state index in [0.717, 1.165) is 31.5 Å². The fraction of sp³-hybridized carbons (Fsp3) is 0.364. The molecule has 0 aliphatic carbocycles. The minimum atomic E-state index is -0.415. The quantitative estimate of drug-likeness (QED) is 0.782. The third kappa shape index (κ3) is 5.12. The van der Waals surface area contributed by atoms with Crippen molar-refractivity contribution in [3.63, 3.8) is 0 Å². The first-order valence-electron chi connectivity index (χ1n) is 9.63. The molecule has 1 aliphatic rings. The van der Waals surface area contributed by atoms with Crippen molar-refractivity contribution >= 4 is 23.4 Å². The molecule has 28 heavy (non-hydrogen) atoms. The maximum Gasteiger partial charge on any atom is 0.253 e. The van der Waals surface area contributed by atoms with Crippen molar-refractivity contribution in [1.82, 2.24) is 15.5 Å². The average Bonchev–Trinajstić information content (AvgIpc) is 2.74. The summed E-state index contributed by atoms with van der Waals surface area (Å²) in [7, 11) is 1.86. The Morgan fingerprint density at radius 3 is 2.43 bits per heavy atom. The Balaban J connectivity index is 1.75. The number of hydrogen-bond acceptors (Lipinski definition) is 3. The molecule has 1 saturated heterocycles. The van der Waals surface area contributed by atoms with Gasteiger partial charge in [-0.25, -0.2) is 0 Å². The van der Waals surface area contributed by atoms with Gasteiger partial charge in [0.25, 0.3) is 5.91 Å². The van der Waals surface area contributed by atoms with Crippen LogP contribution in [-0.4, -0.2) is 42.9 Å². The smallest absolute Gasteiger partial charge is 0.253 e. The molecule has 148 valence electrons. The van der Waals surface area contributed by atoms with Crippen molar-refractivity contribution < 1.29 is 9.59 Å². The van der Waals surface area contributed by atoms with Crippen LogP contribution in [0.15, 0.2) is 54.6 Å². The Morgan fingerprint density at radius 2 is 1.75 bits per heavy atom. The van der Waals surface area contributed by atoms with Gasteiger partial charge in [0.15, 0.2) is 0 Å². The fourth-order valence-electron chi connectivity index (χ4n) is 3.54. The second kappa shape index (κ2) is 9.71. The monoisotopic (exact) mass is 399 g/mol. The number of piperidine rings is 1. The molecule has 1 unspecified atom stereocenters. The second-order valence-corrected chi connectivity index (χ2v) is 7.51. The molecule has 2 aromatic carbocycles. The van der Waals surface area contributed by atoms with Gasteiger partial charge in [0, 0.05) is 13.1 Å². The molecule has 1 aliphatic heterocycles. The molecule has 6 heteroatoms. The number of rotatable bonds is 6. The summed E-state index contributed by atoms with van der Waals surface area (Å²) in [5, 5.41) is 6.71. The Labute approximate surface area is 171 Å².